The van der Waals surface area contributed by atoms with Crippen LogP contribution in [0.15, 0.2) is 30.3 Å². The van der Waals surface area contributed by atoms with Gasteiger partial charge in [0.25, 0.3) is 0 Å². The van der Waals surface area contributed by atoms with E-state index >= 15 is 0 Å². The van der Waals surface area contributed by atoms with Gasteiger partial charge in [-0.05, 0) is 43.7 Å². The van der Waals surface area contributed by atoms with Crippen LogP contribution in [0.2, 0.25) is 0 Å². The summed E-state index contributed by atoms with van der Waals surface area (Å²) in [6, 6.07) is 11.4. The Bertz CT molecular complexity index is 364. The molecule has 92 valence electrons. The zero-order chi connectivity index (χ0) is 11.7. The molecule has 3 rings (SSSR count). The van der Waals surface area contributed by atoms with Crippen molar-refractivity contribution >= 4 is 0 Å². The summed E-state index contributed by atoms with van der Waals surface area (Å²) in [6.07, 6.45) is 4.52. The molecule has 2 aliphatic rings. The first kappa shape index (κ1) is 11.2. The molecule has 1 saturated carbocycles. The fourth-order valence-electron chi connectivity index (χ4n) is 3.41. The van der Waals surface area contributed by atoms with Gasteiger partial charge in [-0.1, -0.05) is 30.3 Å². The summed E-state index contributed by atoms with van der Waals surface area (Å²) in [7, 11) is 0. The highest BCUT2D eigenvalue weighted by Gasteiger charge is 2.36. The largest absolute Gasteiger partial charge is 0.393 e. The van der Waals surface area contributed by atoms with Gasteiger partial charge in [0.1, 0.15) is 0 Å². The lowest BCUT2D eigenvalue weighted by atomic mass is 9.77. The number of hydrogen-bond acceptors (Lipinski definition) is 2. The van der Waals surface area contributed by atoms with Crippen LogP contribution in [-0.4, -0.2) is 28.7 Å². The molecule has 1 aromatic rings. The van der Waals surface area contributed by atoms with Gasteiger partial charge in [0.2, 0.25) is 0 Å². The molecule has 1 aromatic carbocycles. The fourth-order valence-corrected chi connectivity index (χ4v) is 3.41. The van der Waals surface area contributed by atoms with Crippen LogP contribution in [0.1, 0.15) is 31.2 Å². The number of hydrogen-bond donors (Lipinski definition) is 1. The van der Waals surface area contributed by atoms with E-state index in [1.807, 2.05) is 0 Å². The minimum atomic E-state index is -0.0230. The highest BCUT2D eigenvalue weighted by atomic mass is 16.3. The second-order valence-corrected chi connectivity index (χ2v) is 5.54. The van der Waals surface area contributed by atoms with Crippen LogP contribution >= 0.6 is 0 Å². The van der Waals surface area contributed by atoms with Gasteiger partial charge in [0.05, 0.1) is 6.10 Å². The molecule has 1 N–H and O–H groups in total. The summed E-state index contributed by atoms with van der Waals surface area (Å²) in [5.41, 5.74) is 1.41. The number of rotatable bonds is 2. The Labute approximate surface area is 103 Å². The maximum atomic E-state index is 9.88. The second-order valence-electron chi connectivity index (χ2n) is 5.54. The van der Waals surface area contributed by atoms with Crippen LogP contribution in [0.25, 0.3) is 0 Å². The zero-order valence-electron chi connectivity index (χ0n) is 10.3. The van der Waals surface area contributed by atoms with E-state index in [2.05, 4.69) is 35.2 Å². The van der Waals surface area contributed by atoms with E-state index in [-0.39, 0.29) is 6.10 Å². The van der Waals surface area contributed by atoms with Crippen molar-refractivity contribution in [3.05, 3.63) is 35.9 Å². The monoisotopic (exact) mass is 231 g/mol. The van der Waals surface area contributed by atoms with Crippen molar-refractivity contribution in [2.24, 2.45) is 5.92 Å². The van der Waals surface area contributed by atoms with Gasteiger partial charge in [-0.25, -0.2) is 0 Å². The second kappa shape index (κ2) is 4.79. The third kappa shape index (κ3) is 2.38. The minimum Gasteiger partial charge on any atom is -0.393 e. The Kier molecular flexibility index (Phi) is 3.17. The molecular weight excluding hydrogens is 210 g/mol. The van der Waals surface area contributed by atoms with Gasteiger partial charge in [0, 0.05) is 12.6 Å². The summed E-state index contributed by atoms with van der Waals surface area (Å²) in [4.78, 5) is 2.61. The van der Waals surface area contributed by atoms with Gasteiger partial charge in [-0.15, -0.1) is 0 Å². The van der Waals surface area contributed by atoms with E-state index in [0.717, 1.165) is 19.5 Å². The number of nitrogens with zero attached hydrogens (tertiary/aromatic N) is 1. The van der Waals surface area contributed by atoms with Crippen molar-refractivity contribution < 1.29 is 5.11 Å². The highest BCUT2D eigenvalue weighted by Crippen LogP contribution is 2.35. The normalized spacial score (nSPS) is 33.6. The maximum Gasteiger partial charge on any atom is 0.0570 e. The van der Waals surface area contributed by atoms with Crippen molar-refractivity contribution in [1.29, 1.82) is 0 Å². The number of aliphatic hydroxyl groups is 1. The van der Waals surface area contributed by atoms with Crippen molar-refractivity contribution in [2.75, 3.05) is 6.54 Å². The van der Waals surface area contributed by atoms with E-state index in [1.165, 1.54) is 24.8 Å². The first-order valence-electron chi connectivity index (χ1n) is 6.79. The van der Waals surface area contributed by atoms with E-state index in [9.17, 15) is 5.11 Å². The quantitative estimate of drug-likeness (QED) is 0.845. The molecule has 1 aliphatic heterocycles. The first-order valence-corrected chi connectivity index (χ1v) is 6.79. The predicted molar refractivity (Wildman–Crippen MR) is 68.6 cm³/mol. The predicted octanol–water partition coefficient (Wildman–Crippen LogP) is 2.42. The summed E-state index contributed by atoms with van der Waals surface area (Å²) < 4.78 is 0. The number of benzene rings is 1. The van der Waals surface area contributed by atoms with Crippen molar-refractivity contribution in [3.63, 3.8) is 0 Å². The van der Waals surface area contributed by atoms with E-state index in [1.54, 1.807) is 0 Å². The zero-order valence-corrected chi connectivity index (χ0v) is 10.3. The Morgan fingerprint density at radius 2 is 1.94 bits per heavy atom. The van der Waals surface area contributed by atoms with Gasteiger partial charge >= 0.3 is 0 Å². The minimum absolute atomic E-state index is 0.0230. The van der Waals surface area contributed by atoms with Crippen LogP contribution in [0.3, 0.4) is 0 Å². The van der Waals surface area contributed by atoms with Crippen LogP contribution in [0.5, 0.6) is 0 Å². The smallest absolute Gasteiger partial charge is 0.0570 e. The average molecular weight is 231 g/mol. The Morgan fingerprint density at radius 1 is 1.12 bits per heavy atom. The molecule has 2 heteroatoms. The molecule has 3 unspecified atom stereocenters. The number of piperidine rings is 1. The molecular formula is C15H21NO. The molecule has 2 fully saturated rings. The van der Waals surface area contributed by atoms with Crippen LogP contribution in [0, 0.1) is 5.92 Å². The summed E-state index contributed by atoms with van der Waals surface area (Å²) >= 11 is 0. The molecule has 1 heterocycles. The maximum absolute atomic E-state index is 9.88. The molecule has 2 nitrogen and oxygen atoms in total. The van der Waals surface area contributed by atoms with Crippen LogP contribution < -0.4 is 0 Å². The number of fused-ring (bicyclic) bond motifs is 2. The van der Waals surface area contributed by atoms with Crippen LogP contribution in [0.4, 0.5) is 0 Å². The standard InChI is InChI=1S/C15H21NO/c17-15-7-6-14-10-13(15)8-9-16(14)11-12-4-2-1-3-5-12/h1-5,13-15,17H,6-11H2. The van der Waals surface area contributed by atoms with Crippen molar-refractivity contribution in [1.82, 2.24) is 4.90 Å². The Morgan fingerprint density at radius 3 is 2.76 bits per heavy atom. The molecule has 17 heavy (non-hydrogen) atoms. The fraction of sp³-hybridized carbons (Fsp3) is 0.600. The number of aliphatic hydroxyl groups excluding tert-OH is 1. The molecule has 2 bridgehead atoms. The lowest BCUT2D eigenvalue weighted by Gasteiger charge is -2.45. The molecule has 0 aromatic heterocycles. The summed E-state index contributed by atoms with van der Waals surface area (Å²) in [5.74, 6) is 0.570. The lowest BCUT2D eigenvalue weighted by molar-refractivity contribution is -0.0185. The van der Waals surface area contributed by atoms with E-state index < -0.39 is 0 Å². The Balaban J connectivity index is 1.66. The third-order valence-corrected chi connectivity index (χ3v) is 4.45. The molecule has 0 radical (unpaired) electrons. The Hall–Kier alpha value is -0.860. The summed E-state index contributed by atoms with van der Waals surface area (Å²) in [5, 5.41) is 9.88. The van der Waals surface area contributed by atoms with E-state index in [4.69, 9.17) is 0 Å². The van der Waals surface area contributed by atoms with Gasteiger partial charge in [-0.3, -0.25) is 4.90 Å². The first-order chi connectivity index (χ1) is 8.33. The molecule has 1 aliphatic carbocycles. The molecule has 1 saturated heterocycles. The molecule has 3 atom stereocenters. The molecule has 0 amide bonds. The summed E-state index contributed by atoms with van der Waals surface area (Å²) in [6.45, 7) is 2.23. The van der Waals surface area contributed by atoms with Gasteiger partial charge < -0.3 is 5.11 Å². The molecule has 0 spiro atoms. The average Bonchev–Trinajstić information content (AvgIpc) is 2.38. The topological polar surface area (TPSA) is 23.5 Å². The third-order valence-electron chi connectivity index (χ3n) is 4.45. The van der Waals surface area contributed by atoms with Gasteiger partial charge in [-0.2, -0.15) is 0 Å². The highest BCUT2D eigenvalue weighted by molar-refractivity contribution is 5.14. The van der Waals surface area contributed by atoms with Crippen molar-refractivity contribution in [3.8, 4) is 0 Å². The van der Waals surface area contributed by atoms with Gasteiger partial charge in [0.15, 0.2) is 0 Å². The van der Waals surface area contributed by atoms with E-state index in [0.29, 0.717) is 12.0 Å². The SMILES string of the molecule is OC1CCC2CC1CCN2Cc1ccccc1. The van der Waals surface area contributed by atoms with Crippen LogP contribution in [-0.2, 0) is 6.54 Å². The lowest BCUT2D eigenvalue weighted by Crippen LogP contribution is -2.48. The van der Waals surface area contributed by atoms with Crippen molar-refractivity contribution in [2.45, 2.75) is 44.4 Å². The number of likely N-dealkylation sites (tertiary alicyclic amines) is 1.